The number of carbonyl (C=O) groups excluding carboxylic acids is 2. The number of carbonyl (C=O) groups is 2. The molecule has 80 valence electrons. The monoisotopic (exact) mass is 199 g/mol. The van der Waals surface area contributed by atoms with E-state index in [0.29, 0.717) is 6.54 Å². The molecule has 1 aliphatic heterocycles. The molecule has 0 radical (unpaired) electrons. The summed E-state index contributed by atoms with van der Waals surface area (Å²) in [6.45, 7) is 3.27. The number of amides is 2. The molecular weight excluding hydrogens is 182 g/mol. The molecule has 3 N–H and O–H groups in total. The van der Waals surface area contributed by atoms with Crippen LogP contribution >= 0.6 is 0 Å². The first-order chi connectivity index (χ1) is 6.65. The van der Waals surface area contributed by atoms with Crippen LogP contribution in [0, 0.1) is 0 Å². The SMILES string of the molecule is CCN(CC(N)=O)C(=O)C1CCCN1. The second-order valence-corrected chi connectivity index (χ2v) is 3.47. The van der Waals surface area contributed by atoms with Crippen molar-refractivity contribution < 1.29 is 9.59 Å². The molecule has 1 rings (SSSR count). The Labute approximate surface area is 83.6 Å². The molecule has 1 fully saturated rings. The lowest BCUT2D eigenvalue weighted by Crippen LogP contribution is -2.46. The Morgan fingerprint density at radius 3 is 2.71 bits per heavy atom. The van der Waals surface area contributed by atoms with Crippen molar-refractivity contribution in [3.63, 3.8) is 0 Å². The van der Waals surface area contributed by atoms with Gasteiger partial charge in [0, 0.05) is 6.54 Å². The van der Waals surface area contributed by atoms with Gasteiger partial charge in [0.2, 0.25) is 11.8 Å². The molecule has 0 bridgehead atoms. The lowest BCUT2D eigenvalue weighted by atomic mass is 10.2. The summed E-state index contributed by atoms with van der Waals surface area (Å²) in [6.07, 6.45) is 1.87. The molecule has 0 aliphatic carbocycles. The minimum absolute atomic E-state index is 0.0104. The fourth-order valence-corrected chi connectivity index (χ4v) is 1.65. The zero-order valence-corrected chi connectivity index (χ0v) is 8.45. The van der Waals surface area contributed by atoms with Crippen molar-refractivity contribution in [3.05, 3.63) is 0 Å². The van der Waals surface area contributed by atoms with Crippen molar-refractivity contribution in [1.29, 1.82) is 0 Å². The van der Waals surface area contributed by atoms with Crippen molar-refractivity contribution in [2.24, 2.45) is 5.73 Å². The number of hydrogen-bond donors (Lipinski definition) is 2. The van der Waals surface area contributed by atoms with E-state index in [1.165, 1.54) is 4.90 Å². The van der Waals surface area contributed by atoms with E-state index in [2.05, 4.69) is 5.32 Å². The largest absolute Gasteiger partial charge is 0.368 e. The summed E-state index contributed by atoms with van der Waals surface area (Å²) in [6, 6.07) is -0.116. The molecule has 14 heavy (non-hydrogen) atoms. The van der Waals surface area contributed by atoms with Crippen LogP contribution in [0.2, 0.25) is 0 Å². The van der Waals surface area contributed by atoms with Crippen LogP contribution in [-0.4, -0.2) is 42.4 Å². The molecule has 5 heteroatoms. The number of likely N-dealkylation sites (N-methyl/N-ethyl adjacent to an activating group) is 1. The molecule has 1 saturated heterocycles. The summed E-state index contributed by atoms with van der Waals surface area (Å²) < 4.78 is 0. The molecule has 1 aliphatic rings. The second kappa shape index (κ2) is 4.95. The maximum atomic E-state index is 11.8. The molecule has 1 unspecified atom stereocenters. The van der Waals surface area contributed by atoms with Crippen molar-refractivity contribution in [2.45, 2.75) is 25.8 Å². The summed E-state index contributed by atoms with van der Waals surface area (Å²) in [5.41, 5.74) is 5.05. The number of hydrogen-bond acceptors (Lipinski definition) is 3. The Bertz CT molecular complexity index is 224. The van der Waals surface area contributed by atoms with Gasteiger partial charge in [0.15, 0.2) is 0 Å². The topological polar surface area (TPSA) is 75.4 Å². The molecule has 0 aromatic rings. The molecule has 5 nitrogen and oxygen atoms in total. The predicted octanol–water partition coefficient (Wildman–Crippen LogP) is -0.928. The van der Waals surface area contributed by atoms with Crippen molar-refractivity contribution in [3.8, 4) is 0 Å². The third kappa shape index (κ3) is 2.70. The molecule has 0 aromatic carbocycles. The van der Waals surface area contributed by atoms with Gasteiger partial charge >= 0.3 is 0 Å². The summed E-state index contributed by atoms with van der Waals surface area (Å²) in [4.78, 5) is 24.0. The Hall–Kier alpha value is -1.10. The highest BCUT2D eigenvalue weighted by atomic mass is 16.2. The molecule has 0 saturated carbocycles. The Morgan fingerprint density at radius 2 is 2.29 bits per heavy atom. The van der Waals surface area contributed by atoms with Gasteiger partial charge in [-0.25, -0.2) is 0 Å². The van der Waals surface area contributed by atoms with Crippen LogP contribution in [0.3, 0.4) is 0 Å². The summed E-state index contributed by atoms with van der Waals surface area (Å²) in [5, 5.41) is 3.10. The van der Waals surface area contributed by atoms with Crippen LogP contribution in [0.4, 0.5) is 0 Å². The zero-order chi connectivity index (χ0) is 10.6. The molecule has 0 spiro atoms. The highest BCUT2D eigenvalue weighted by molar-refractivity contribution is 5.87. The van der Waals surface area contributed by atoms with Gasteiger partial charge in [-0.1, -0.05) is 0 Å². The number of nitrogens with two attached hydrogens (primary N) is 1. The quantitative estimate of drug-likeness (QED) is 0.614. The van der Waals surface area contributed by atoms with Crippen LogP contribution in [0.5, 0.6) is 0 Å². The van der Waals surface area contributed by atoms with Crippen LogP contribution in [-0.2, 0) is 9.59 Å². The Kier molecular flexibility index (Phi) is 3.88. The van der Waals surface area contributed by atoms with E-state index in [-0.39, 0.29) is 18.5 Å². The van der Waals surface area contributed by atoms with Crippen LogP contribution < -0.4 is 11.1 Å². The molecule has 0 aromatic heterocycles. The zero-order valence-electron chi connectivity index (χ0n) is 8.45. The fourth-order valence-electron chi connectivity index (χ4n) is 1.65. The van der Waals surface area contributed by atoms with Crippen LogP contribution in [0.1, 0.15) is 19.8 Å². The van der Waals surface area contributed by atoms with Crippen molar-refractivity contribution in [2.75, 3.05) is 19.6 Å². The Morgan fingerprint density at radius 1 is 1.57 bits per heavy atom. The highest BCUT2D eigenvalue weighted by Crippen LogP contribution is 2.08. The van der Waals surface area contributed by atoms with Gasteiger partial charge in [-0.3, -0.25) is 9.59 Å². The maximum Gasteiger partial charge on any atom is 0.240 e. The fraction of sp³-hybridized carbons (Fsp3) is 0.778. The lowest BCUT2D eigenvalue weighted by Gasteiger charge is -2.22. The van der Waals surface area contributed by atoms with E-state index in [4.69, 9.17) is 5.73 Å². The minimum atomic E-state index is -0.460. The van der Waals surface area contributed by atoms with E-state index in [9.17, 15) is 9.59 Å². The average Bonchev–Trinajstić information content (AvgIpc) is 2.65. The Balaban J connectivity index is 2.50. The number of nitrogens with zero attached hydrogens (tertiary/aromatic N) is 1. The standard InChI is InChI=1S/C9H17N3O2/c1-2-12(6-8(10)13)9(14)7-4-3-5-11-7/h7,11H,2-6H2,1H3,(H2,10,13). The molecule has 1 heterocycles. The minimum Gasteiger partial charge on any atom is -0.368 e. The van der Waals surface area contributed by atoms with Crippen molar-refractivity contribution in [1.82, 2.24) is 10.2 Å². The molecular formula is C9H17N3O2. The summed E-state index contributed by atoms with van der Waals surface area (Å²) in [7, 11) is 0. The third-order valence-corrected chi connectivity index (χ3v) is 2.40. The summed E-state index contributed by atoms with van der Waals surface area (Å²) in [5.74, 6) is -0.470. The highest BCUT2D eigenvalue weighted by Gasteiger charge is 2.26. The molecule has 1 atom stereocenters. The van der Waals surface area contributed by atoms with Gasteiger partial charge < -0.3 is 16.0 Å². The van der Waals surface area contributed by atoms with Gasteiger partial charge in [0.25, 0.3) is 0 Å². The van der Waals surface area contributed by atoms with Gasteiger partial charge in [-0.2, -0.15) is 0 Å². The number of rotatable bonds is 4. The van der Waals surface area contributed by atoms with Gasteiger partial charge in [0.05, 0.1) is 12.6 Å². The van der Waals surface area contributed by atoms with Gasteiger partial charge in [-0.05, 0) is 26.3 Å². The van der Waals surface area contributed by atoms with Gasteiger partial charge in [-0.15, -0.1) is 0 Å². The van der Waals surface area contributed by atoms with E-state index in [1.807, 2.05) is 6.92 Å². The van der Waals surface area contributed by atoms with E-state index >= 15 is 0 Å². The first-order valence-corrected chi connectivity index (χ1v) is 4.95. The lowest BCUT2D eigenvalue weighted by molar-refractivity contribution is -0.136. The van der Waals surface area contributed by atoms with Gasteiger partial charge in [0.1, 0.15) is 0 Å². The first-order valence-electron chi connectivity index (χ1n) is 4.95. The molecule has 2 amide bonds. The summed E-state index contributed by atoms with van der Waals surface area (Å²) >= 11 is 0. The second-order valence-electron chi connectivity index (χ2n) is 3.47. The normalized spacial score (nSPS) is 20.8. The smallest absolute Gasteiger partial charge is 0.240 e. The number of nitrogens with one attached hydrogen (secondary N) is 1. The van der Waals surface area contributed by atoms with Crippen molar-refractivity contribution >= 4 is 11.8 Å². The van der Waals surface area contributed by atoms with E-state index in [1.54, 1.807) is 0 Å². The number of primary amides is 1. The van der Waals surface area contributed by atoms with Crippen LogP contribution in [0.25, 0.3) is 0 Å². The maximum absolute atomic E-state index is 11.8. The van der Waals surface area contributed by atoms with E-state index < -0.39 is 5.91 Å². The third-order valence-electron chi connectivity index (χ3n) is 2.40. The van der Waals surface area contributed by atoms with Crippen LogP contribution in [0.15, 0.2) is 0 Å². The predicted molar refractivity (Wildman–Crippen MR) is 52.5 cm³/mol. The van der Waals surface area contributed by atoms with E-state index in [0.717, 1.165) is 19.4 Å². The average molecular weight is 199 g/mol. The first kappa shape index (κ1) is 11.0.